The van der Waals surface area contributed by atoms with E-state index in [1.54, 1.807) is 30.3 Å². The van der Waals surface area contributed by atoms with Gasteiger partial charge in [-0.05, 0) is 71.2 Å². The van der Waals surface area contributed by atoms with Crippen LogP contribution in [0.2, 0.25) is 0 Å². The van der Waals surface area contributed by atoms with Crippen molar-refractivity contribution in [3.8, 4) is 11.5 Å². The van der Waals surface area contributed by atoms with Gasteiger partial charge in [0, 0.05) is 5.69 Å². The van der Waals surface area contributed by atoms with E-state index in [2.05, 4.69) is 26.6 Å². The largest absolute Gasteiger partial charge is 0.490 e. The summed E-state index contributed by atoms with van der Waals surface area (Å²) in [6.45, 7) is 4.11. The Kier molecular flexibility index (Phi) is 8.25. The van der Waals surface area contributed by atoms with Crippen LogP contribution in [0.1, 0.15) is 23.6 Å². The molecule has 37 heavy (non-hydrogen) atoms. The number of anilines is 1. The quantitative estimate of drug-likeness (QED) is 0.273. The topological polar surface area (TPSA) is 97.0 Å². The molecule has 0 spiro atoms. The number of para-hydroxylation sites is 1. The minimum absolute atomic E-state index is 0.155. The van der Waals surface area contributed by atoms with Gasteiger partial charge < -0.3 is 20.1 Å². The zero-order chi connectivity index (χ0) is 26.4. The van der Waals surface area contributed by atoms with E-state index >= 15 is 0 Å². The summed E-state index contributed by atoms with van der Waals surface area (Å²) in [5, 5.41) is 5.40. The maximum Gasteiger partial charge on any atom is 0.329 e. The average Bonchev–Trinajstić information content (AvgIpc) is 3.13. The summed E-state index contributed by atoms with van der Waals surface area (Å²) < 4.78 is 12.0. The first-order valence-electron chi connectivity index (χ1n) is 11.7. The Morgan fingerprint density at radius 1 is 1.05 bits per heavy atom. The minimum Gasteiger partial charge on any atom is -0.490 e. The highest BCUT2D eigenvalue weighted by atomic mass is 79.9. The van der Waals surface area contributed by atoms with Gasteiger partial charge in [-0.2, -0.15) is 0 Å². The van der Waals surface area contributed by atoms with E-state index < -0.39 is 11.9 Å². The van der Waals surface area contributed by atoms with E-state index in [0.717, 1.165) is 16.0 Å². The summed E-state index contributed by atoms with van der Waals surface area (Å²) >= 11 is 3.47. The Morgan fingerprint density at radius 2 is 1.78 bits per heavy atom. The number of carbonyl (C=O) groups excluding carboxylic acids is 3. The van der Waals surface area contributed by atoms with Gasteiger partial charge in [-0.25, -0.2) is 4.79 Å². The molecule has 9 heteroatoms. The smallest absolute Gasteiger partial charge is 0.329 e. The third-order valence-corrected chi connectivity index (χ3v) is 6.06. The lowest BCUT2D eigenvalue weighted by atomic mass is 10.1. The SMILES string of the molecule is CCOc1cc(/C=C2/NC(=O)N(Cc3ccc(C)cc3)C2=O)cc(Br)c1OCC(=O)Nc1ccccc1. The van der Waals surface area contributed by atoms with E-state index in [4.69, 9.17) is 9.47 Å². The number of urea groups is 1. The van der Waals surface area contributed by atoms with E-state index in [-0.39, 0.29) is 24.8 Å². The molecule has 0 unspecified atom stereocenters. The second-order valence-corrected chi connectivity index (χ2v) is 9.19. The first kappa shape index (κ1) is 26.0. The zero-order valence-electron chi connectivity index (χ0n) is 20.4. The summed E-state index contributed by atoms with van der Waals surface area (Å²) in [5.41, 5.74) is 3.39. The standard InChI is InChI=1S/C28H26BrN3O5/c1-3-36-24-15-20(13-22(29)26(24)37-17-25(33)30-21-7-5-4-6-8-21)14-23-27(34)32(28(35)31-23)16-19-11-9-18(2)10-12-19/h4-15H,3,16-17H2,1-2H3,(H,30,33)(H,31,35)/b23-14+. The molecule has 1 fully saturated rings. The predicted octanol–water partition coefficient (Wildman–Crippen LogP) is 5.27. The number of hydrogen-bond donors (Lipinski definition) is 2. The molecule has 3 aromatic rings. The van der Waals surface area contributed by atoms with Gasteiger partial charge in [-0.1, -0.05) is 48.0 Å². The first-order valence-corrected chi connectivity index (χ1v) is 12.5. The van der Waals surface area contributed by atoms with Crippen molar-refractivity contribution in [1.82, 2.24) is 10.2 Å². The van der Waals surface area contributed by atoms with Gasteiger partial charge in [0.1, 0.15) is 5.70 Å². The minimum atomic E-state index is -0.481. The molecule has 2 N–H and O–H groups in total. The number of hydrogen-bond acceptors (Lipinski definition) is 5. The highest BCUT2D eigenvalue weighted by Crippen LogP contribution is 2.37. The van der Waals surface area contributed by atoms with Crippen molar-refractivity contribution >= 4 is 45.5 Å². The molecular weight excluding hydrogens is 538 g/mol. The van der Waals surface area contributed by atoms with Crippen molar-refractivity contribution in [1.29, 1.82) is 0 Å². The van der Waals surface area contributed by atoms with Crippen LogP contribution in [0.15, 0.2) is 76.9 Å². The molecule has 1 aliphatic rings. The number of benzene rings is 3. The molecule has 0 atom stereocenters. The van der Waals surface area contributed by atoms with Gasteiger partial charge in [-0.15, -0.1) is 0 Å². The zero-order valence-corrected chi connectivity index (χ0v) is 22.0. The molecule has 0 radical (unpaired) electrons. The van der Waals surface area contributed by atoms with Crippen LogP contribution in [0, 0.1) is 6.92 Å². The predicted molar refractivity (Wildman–Crippen MR) is 144 cm³/mol. The summed E-state index contributed by atoms with van der Waals surface area (Å²) in [7, 11) is 0. The molecule has 0 saturated carbocycles. The lowest BCUT2D eigenvalue weighted by Gasteiger charge is -2.15. The molecule has 190 valence electrons. The van der Waals surface area contributed by atoms with E-state index in [9.17, 15) is 14.4 Å². The summed E-state index contributed by atoms with van der Waals surface area (Å²) in [4.78, 5) is 38.9. The van der Waals surface area contributed by atoms with Crippen molar-refractivity contribution in [2.24, 2.45) is 0 Å². The average molecular weight is 564 g/mol. The third-order valence-electron chi connectivity index (χ3n) is 5.47. The summed E-state index contributed by atoms with van der Waals surface area (Å²) in [5.74, 6) is 0.0109. The van der Waals surface area contributed by atoms with Crippen LogP contribution < -0.4 is 20.1 Å². The Hall–Kier alpha value is -4.11. The molecule has 0 aliphatic carbocycles. The lowest BCUT2D eigenvalue weighted by molar-refractivity contribution is -0.123. The Bertz CT molecular complexity index is 1340. The number of imide groups is 1. The number of rotatable bonds is 9. The summed E-state index contributed by atoms with van der Waals surface area (Å²) in [6, 6.07) is 19.7. The normalized spacial score (nSPS) is 14.0. The van der Waals surface area contributed by atoms with Crippen LogP contribution >= 0.6 is 15.9 Å². The molecule has 0 bridgehead atoms. The van der Waals surface area contributed by atoms with Gasteiger partial charge in [0.2, 0.25) is 0 Å². The van der Waals surface area contributed by atoms with E-state index in [0.29, 0.717) is 33.8 Å². The van der Waals surface area contributed by atoms with Crippen LogP contribution in [0.4, 0.5) is 10.5 Å². The van der Waals surface area contributed by atoms with Crippen molar-refractivity contribution < 1.29 is 23.9 Å². The molecular formula is C28H26BrN3O5. The Balaban J connectivity index is 1.49. The van der Waals surface area contributed by atoms with Gasteiger partial charge in [0.15, 0.2) is 18.1 Å². The maximum absolute atomic E-state index is 12.9. The molecule has 4 rings (SSSR count). The van der Waals surface area contributed by atoms with Crippen LogP contribution in [0.5, 0.6) is 11.5 Å². The van der Waals surface area contributed by atoms with Crippen LogP contribution in [-0.2, 0) is 16.1 Å². The fourth-order valence-corrected chi connectivity index (χ4v) is 4.26. The third kappa shape index (κ3) is 6.56. The number of amides is 4. The highest BCUT2D eigenvalue weighted by molar-refractivity contribution is 9.10. The molecule has 3 aromatic carbocycles. The highest BCUT2D eigenvalue weighted by Gasteiger charge is 2.33. The molecule has 0 aromatic heterocycles. The van der Waals surface area contributed by atoms with Gasteiger partial charge >= 0.3 is 6.03 Å². The number of ether oxygens (including phenoxy) is 2. The molecule has 1 aliphatic heterocycles. The molecule has 1 saturated heterocycles. The number of halogens is 1. The summed E-state index contributed by atoms with van der Waals surface area (Å²) in [6.07, 6.45) is 1.58. The number of nitrogens with zero attached hydrogens (tertiary/aromatic N) is 1. The van der Waals surface area contributed by atoms with Gasteiger partial charge in [0.05, 0.1) is 17.6 Å². The molecule has 1 heterocycles. The maximum atomic E-state index is 12.9. The number of aryl methyl sites for hydroxylation is 1. The first-order chi connectivity index (χ1) is 17.8. The molecule has 4 amide bonds. The van der Waals surface area contributed by atoms with Crippen LogP contribution in [-0.4, -0.2) is 36.0 Å². The number of nitrogens with one attached hydrogen (secondary N) is 2. The Labute approximate surface area is 223 Å². The second-order valence-electron chi connectivity index (χ2n) is 8.33. The van der Waals surface area contributed by atoms with E-state index in [1.165, 1.54) is 0 Å². The fourth-order valence-electron chi connectivity index (χ4n) is 3.69. The van der Waals surface area contributed by atoms with Gasteiger partial charge in [0.25, 0.3) is 11.8 Å². The van der Waals surface area contributed by atoms with Crippen LogP contribution in [0.3, 0.4) is 0 Å². The lowest BCUT2D eigenvalue weighted by Crippen LogP contribution is -2.30. The second kappa shape index (κ2) is 11.7. The van der Waals surface area contributed by atoms with E-state index in [1.807, 2.05) is 56.3 Å². The van der Waals surface area contributed by atoms with Crippen molar-refractivity contribution in [2.45, 2.75) is 20.4 Å². The fraction of sp³-hybridized carbons (Fsp3) is 0.179. The van der Waals surface area contributed by atoms with Crippen molar-refractivity contribution in [3.05, 3.63) is 93.6 Å². The molecule has 8 nitrogen and oxygen atoms in total. The number of carbonyl (C=O) groups is 3. The monoisotopic (exact) mass is 563 g/mol. The van der Waals surface area contributed by atoms with Crippen LogP contribution in [0.25, 0.3) is 6.08 Å². The Morgan fingerprint density at radius 3 is 2.49 bits per heavy atom. The van der Waals surface area contributed by atoms with Gasteiger partial charge in [-0.3, -0.25) is 14.5 Å². The van der Waals surface area contributed by atoms with Crippen molar-refractivity contribution in [2.75, 3.05) is 18.5 Å². The van der Waals surface area contributed by atoms with Crippen molar-refractivity contribution in [3.63, 3.8) is 0 Å².